The van der Waals surface area contributed by atoms with Gasteiger partial charge in [-0.3, -0.25) is 72.4 Å². The number of hydrogen-bond donors (Lipinski definition) is 13. The first-order valence-electron chi connectivity index (χ1n) is 22.7. The molecule has 1 aromatic rings. The van der Waals surface area contributed by atoms with E-state index in [2.05, 4.69) is 36.9 Å². The number of rotatable bonds is 30. The van der Waals surface area contributed by atoms with E-state index in [1.54, 1.807) is 38.1 Å². The smallest absolute Gasteiger partial charge is 0.494 e. The molecule has 1 fully saturated rings. The molecule has 0 spiro atoms. The number of carbonyl (C=O) groups excluding carboxylic acids is 6. The zero-order valence-corrected chi connectivity index (χ0v) is 43.5. The van der Waals surface area contributed by atoms with Crippen LogP contribution in [0.5, 0.6) is 5.75 Å². The third-order valence-electron chi connectivity index (χ3n) is 10.5. The van der Waals surface area contributed by atoms with Crippen molar-refractivity contribution >= 4 is 71.2 Å². The van der Waals surface area contributed by atoms with Crippen molar-refractivity contribution in [1.82, 2.24) is 46.6 Å². The summed E-state index contributed by atoms with van der Waals surface area (Å²) in [5.41, 5.74) is 11.2. The Morgan fingerprint density at radius 1 is 0.676 bits per heavy atom. The molecule has 1 heterocycles. The summed E-state index contributed by atoms with van der Waals surface area (Å²) >= 11 is 0. The SMILES string of the molecule is CC(C)C1NC(=O)[C@@H](Cc2ccc(OCCCNC(=O)CN(CCN(CCN(CC(=O)O)CC(=O)O)CC(=O)O)CC(=O)O)cc2)NC(=O)[C@H](CC(=O)O)NC(=O)CNC(=O)[C@H](CCCN=C(N)N)NC1=O.O.[Sm+3]. The molecular formula is C43H68N12O18Sm+3. The summed E-state index contributed by atoms with van der Waals surface area (Å²) in [4.78, 5) is 145. The zero-order chi connectivity index (χ0) is 53.9. The van der Waals surface area contributed by atoms with E-state index < -0.39 is 135 Å². The summed E-state index contributed by atoms with van der Waals surface area (Å²) in [6.45, 7) is -0.0748. The molecule has 4 atom stereocenters. The Morgan fingerprint density at radius 3 is 1.72 bits per heavy atom. The van der Waals surface area contributed by atoms with Crippen LogP contribution in [0.15, 0.2) is 29.3 Å². The summed E-state index contributed by atoms with van der Waals surface area (Å²) in [7, 11) is 0. The first-order chi connectivity index (χ1) is 33.9. The topological polar surface area (TPSA) is 476 Å². The largest absolute Gasteiger partial charge is 3.00 e. The van der Waals surface area contributed by atoms with Crippen molar-refractivity contribution in [3.8, 4) is 5.75 Å². The maximum absolute atomic E-state index is 13.9. The number of aliphatic carboxylic acids is 5. The second-order valence-electron chi connectivity index (χ2n) is 16.9. The molecule has 1 aromatic carbocycles. The van der Waals surface area contributed by atoms with Gasteiger partial charge in [0.25, 0.3) is 0 Å². The number of guanidine groups is 1. The van der Waals surface area contributed by atoms with Gasteiger partial charge in [0, 0.05) is 45.7 Å². The summed E-state index contributed by atoms with van der Waals surface area (Å²) in [5.74, 6) is -11.8. The second kappa shape index (κ2) is 35.7. The molecule has 1 aliphatic rings. The molecule has 31 heteroatoms. The van der Waals surface area contributed by atoms with Crippen molar-refractivity contribution in [3.63, 3.8) is 0 Å². The van der Waals surface area contributed by atoms with E-state index in [4.69, 9.17) is 26.4 Å². The predicted octanol–water partition coefficient (Wildman–Crippen LogP) is -6.21. The number of carboxylic acid groups (broad SMARTS) is 5. The van der Waals surface area contributed by atoms with Gasteiger partial charge in [0.1, 0.15) is 29.9 Å². The third-order valence-corrected chi connectivity index (χ3v) is 10.5. The fourth-order valence-electron chi connectivity index (χ4n) is 6.96. The fourth-order valence-corrected chi connectivity index (χ4v) is 6.96. The normalized spacial score (nSPS) is 17.4. The van der Waals surface area contributed by atoms with Gasteiger partial charge in [-0.05, 0) is 42.9 Å². The van der Waals surface area contributed by atoms with Crippen LogP contribution in [0.1, 0.15) is 45.1 Å². The van der Waals surface area contributed by atoms with Crippen molar-refractivity contribution in [2.24, 2.45) is 22.4 Å². The predicted molar refractivity (Wildman–Crippen MR) is 254 cm³/mol. The zero-order valence-electron chi connectivity index (χ0n) is 40.9. The van der Waals surface area contributed by atoms with Crippen LogP contribution in [0.3, 0.4) is 0 Å². The van der Waals surface area contributed by atoms with Crippen LogP contribution in [0, 0.1) is 46.3 Å². The van der Waals surface area contributed by atoms with E-state index in [1.165, 1.54) is 9.80 Å². The van der Waals surface area contributed by atoms with Crippen LogP contribution < -0.4 is 48.1 Å². The quantitative estimate of drug-likeness (QED) is 0.0194. The number of carbonyl (C=O) groups is 11. The molecule has 411 valence electrons. The molecule has 1 saturated heterocycles. The van der Waals surface area contributed by atoms with Gasteiger partial charge in [-0.1, -0.05) is 26.0 Å². The second-order valence-corrected chi connectivity index (χ2v) is 16.9. The van der Waals surface area contributed by atoms with Gasteiger partial charge in [0.2, 0.25) is 35.4 Å². The minimum absolute atomic E-state index is 0. The van der Waals surface area contributed by atoms with Gasteiger partial charge in [-0.15, -0.1) is 0 Å². The average Bonchev–Trinajstić information content (AvgIpc) is 3.27. The number of amides is 6. The Balaban J connectivity index is 0.0000266. The molecule has 1 aliphatic heterocycles. The van der Waals surface area contributed by atoms with Crippen molar-refractivity contribution in [3.05, 3.63) is 29.8 Å². The van der Waals surface area contributed by atoms with Gasteiger partial charge in [0.05, 0.1) is 52.3 Å². The minimum atomic E-state index is -1.68. The first-order valence-corrected chi connectivity index (χ1v) is 22.7. The van der Waals surface area contributed by atoms with Crippen LogP contribution in [0.25, 0.3) is 0 Å². The number of nitrogens with one attached hydrogen (secondary N) is 6. The fraction of sp³-hybridized carbons (Fsp3) is 0.581. The van der Waals surface area contributed by atoms with Gasteiger partial charge in [0.15, 0.2) is 5.96 Å². The Morgan fingerprint density at radius 2 is 1.19 bits per heavy atom. The third kappa shape index (κ3) is 28.8. The number of aliphatic imine (C=N–C) groups is 1. The van der Waals surface area contributed by atoms with E-state index in [0.717, 1.165) is 4.90 Å². The molecular weight excluding hydrogens is 1120 g/mol. The van der Waals surface area contributed by atoms with Gasteiger partial charge in [-0.25, -0.2) is 0 Å². The van der Waals surface area contributed by atoms with Crippen LogP contribution in [0.2, 0.25) is 0 Å². The Bertz CT molecular complexity index is 2080. The number of carboxylic acids is 5. The van der Waals surface area contributed by atoms with Crippen molar-refractivity contribution in [2.75, 3.05) is 85.1 Å². The van der Waals surface area contributed by atoms with Crippen molar-refractivity contribution in [2.45, 2.75) is 70.1 Å². The molecule has 0 aliphatic carbocycles. The number of hydrogen-bond acceptors (Lipinski definition) is 16. The molecule has 0 aromatic heterocycles. The number of ether oxygens (including phenoxy) is 1. The first kappa shape index (κ1) is 67.6. The summed E-state index contributed by atoms with van der Waals surface area (Å²) < 4.78 is 5.78. The van der Waals surface area contributed by atoms with Crippen molar-refractivity contribution < 1.29 is 129 Å². The molecule has 6 amide bonds. The minimum Gasteiger partial charge on any atom is -0.494 e. The number of nitrogens with zero attached hydrogens (tertiary/aromatic N) is 4. The van der Waals surface area contributed by atoms with Gasteiger partial charge in [-0.2, -0.15) is 0 Å². The summed E-state index contributed by atoms with van der Waals surface area (Å²) in [5, 5.41) is 61.5. The Kier molecular flexibility index (Phi) is 32.7. The van der Waals surface area contributed by atoms with E-state index >= 15 is 0 Å². The van der Waals surface area contributed by atoms with E-state index in [1.807, 2.05) is 0 Å². The maximum atomic E-state index is 13.9. The average molecular weight is 1190 g/mol. The molecule has 1 radical (unpaired) electrons. The van der Waals surface area contributed by atoms with E-state index in [9.17, 15) is 68.1 Å². The summed E-state index contributed by atoms with van der Waals surface area (Å²) in [6.07, 6.45) is -0.528. The monoisotopic (exact) mass is 1190 g/mol. The van der Waals surface area contributed by atoms with Crippen LogP contribution in [-0.2, 0) is 59.2 Å². The number of benzene rings is 1. The Labute approximate surface area is 457 Å². The standard InChI is InChI=1S/C43H66N12O17.H2O.Sm/c1-25(2)38-42(71)50-28(5-3-10-47-43(44)45)39(68)48-19-31(56)49-30(18-33(58)59)40(69)51-29(41(70)52-38)17-26-6-8-27(9-7-26)72-16-4-11-46-32(57)20-54(22-35(62)63)14-12-53(21-34(60)61)13-15-55(23-36(64)65)24-37(66)67;;/h6-9,25,28-30,38H,3-5,10-24H2,1-2H3,(H,46,57)(H,48,68)(H,49,56)(H,50,71)(H,51,69)(H,52,70)(H,58,59)(H,60,61)(H,62,63)(H,64,65)(H,66,67)(H4,44,45,47);1H2;/q;;+3/t28-,29+,30-,38?;;/m0../s1. The molecule has 0 saturated carbocycles. The molecule has 0 bridgehead atoms. The number of nitrogens with two attached hydrogens (primary N) is 2. The van der Waals surface area contributed by atoms with Crippen molar-refractivity contribution in [1.29, 1.82) is 0 Å². The van der Waals surface area contributed by atoms with Crippen LogP contribution in [-0.4, -0.2) is 226 Å². The summed E-state index contributed by atoms with van der Waals surface area (Å²) in [6, 6.07) is 0.739. The van der Waals surface area contributed by atoms with Crippen LogP contribution >= 0.6 is 0 Å². The van der Waals surface area contributed by atoms with Crippen LogP contribution in [0.4, 0.5) is 0 Å². The molecule has 30 nitrogen and oxygen atoms in total. The van der Waals surface area contributed by atoms with E-state index in [-0.39, 0.29) is 130 Å². The van der Waals surface area contributed by atoms with Gasteiger partial charge >= 0.3 is 70.2 Å². The molecule has 17 N–H and O–H groups in total. The molecule has 2 rings (SSSR count). The van der Waals surface area contributed by atoms with E-state index in [0.29, 0.717) is 11.3 Å². The molecule has 74 heavy (non-hydrogen) atoms. The maximum Gasteiger partial charge on any atom is 3.00 e. The van der Waals surface area contributed by atoms with Gasteiger partial charge < -0.3 is 79.1 Å². The Hall–Kier alpha value is -6.36. The molecule has 1 unspecified atom stereocenters.